The molecule has 1 unspecified atom stereocenters. The molecule has 148 valence electrons. The third-order valence-corrected chi connectivity index (χ3v) is 4.95. The first-order valence-electron chi connectivity index (χ1n) is 9.23. The van der Waals surface area contributed by atoms with Crippen molar-refractivity contribution in [1.82, 2.24) is 10.2 Å². The SMILES string of the molecule is O=C(NCCCC(=O)N1CCOC(c2ccccc2)C1)c1c(F)cccc1Cl. The van der Waals surface area contributed by atoms with Gasteiger partial charge in [-0.15, -0.1) is 0 Å². The Morgan fingerprint density at radius 2 is 1.96 bits per heavy atom. The molecule has 0 radical (unpaired) electrons. The number of hydrogen-bond donors (Lipinski definition) is 1. The van der Waals surface area contributed by atoms with Gasteiger partial charge >= 0.3 is 0 Å². The van der Waals surface area contributed by atoms with Gasteiger partial charge in [0.25, 0.3) is 5.91 Å². The minimum absolute atomic E-state index is 0.0161. The van der Waals surface area contributed by atoms with Crippen LogP contribution in [0.2, 0.25) is 5.02 Å². The van der Waals surface area contributed by atoms with E-state index in [1.165, 1.54) is 18.2 Å². The van der Waals surface area contributed by atoms with Gasteiger partial charge in [-0.05, 0) is 24.1 Å². The molecule has 28 heavy (non-hydrogen) atoms. The Labute approximate surface area is 168 Å². The zero-order valence-electron chi connectivity index (χ0n) is 15.4. The summed E-state index contributed by atoms with van der Waals surface area (Å²) >= 11 is 5.88. The molecule has 1 fully saturated rings. The second-order valence-electron chi connectivity index (χ2n) is 6.57. The third kappa shape index (κ3) is 5.09. The smallest absolute Gasteiger partial charge is 0.255 e. The van der Waals surface area contributed by atoms with Crippen LogP contribution in [0.1, 0.15) is 34.9 Å². The van der Waals surface area contributed by atoms with Crippen molar-refractivity contribution in [2.45, 2.75) is 18.9 Å². The van der Waals surface area contributed by atoms with E-state index in [-0.39, 0.29) is 29.1 Å². The maximum absolute atomic E-state index is 13.7. The van der Waals surface area contributed by atoms with Gasteiger partial charge in [0.15, 0.2) is 0 Å². The van der Waals surface area contributed by atoms with Crippen molar-refractivity contribution in [2.24, 2.45) is 0 Å². The first-order chi connectivity index (χ1) is 13.6. The number of carbonyl (C=O) groups is 2. The molecule has 2 aromatic rings. The largest absolute Gasteiger partial charge is 0.370 e. The van der Waals surface area contributed by atoms with Crippen LogP contribution in [0.4, 0.5) is 4.39 Å². The fourth-order valence-electron chi connectivity index (χ4n) is 3.15. The van der Waals surface area contributed by atoms with Crippen LogP contribution in [0.25, 0.3) is 0 Å². The van der Waals surface area contributed by atoms with Gasteiger partial charge < -0.3 is 15.0 Å². The maximum atomic E-state index is 13.7. The molecular formula is C21H22ClFN2O3. The topological polar surface area (TPSA) is 58.6 Å². The standard InChI is InChI=1S/C21H22ClFN2O3/c22-16-8-4-9-17(23)20(16)21(27)24-11-5-10-19(26)25-12-13-28-18(14-25)15-6-2-1-3-7-15/h1-4,6-9,18H,5,10-14H2,(H,24,27). The van der Waals surface area contributed by atoms with Crippen molar-refractivity contribution >= 4 is 23.4 Å². The summed E-state index contributed by atoms with van der Waals surface area (Å²) < 4.78 is 19.5. The number of nitrogens with one attached hydrogen (secondary N) is 1. The van der Waals surface area contributed by atoms with E-state index in [9.17, 15) is 14.0 Å². The summed E-state index contributed by atoms with van der Waals surface area (Å²) in [5.74, 6) is -1.23. The third-order valence-electron chi connectivity index (χ3n) is 4.63. The summed E-state index contributed by atoms with van der Waals surface area (Å²) in [6.07, 6.45) is 0.637. The van der Waals surface area contributed by atoms with Crippen LogP contribution >= 0.6 is 11.6 Å². The molecule has 1 saturated heterocycles. The second kappa shape index (κ2) is 9.66. The molecule has 0 spiro atoms. The second-order valence-corrected chi connectivity index (χ2v) is 6.97. The molecule has 2 aromatic carbocycles. The monoisotopic (exact) mass is 404 g/mol. The molecule has 7 heteroatoms. The van der Waals surface area contributed by atoms with Crippen LogP contribution in [-0.2, 0) is 9.53 Å². The van der Waals surface area contributed by atoms with Crippen molar-refractivity contribution in [2.75, 3.05) is 26.2 Å². The van der Waals surface area contributed by atoms with Crippen molar-refractivity contribution in [3.8, 4) is 0 Å². The predicted octanol–water partition coefficient (Wildman–Crippen LogP) is 3.59. The number of ether oxygens (including phenoxy) is 1. The molecule has 0 aromatic heterocycles. The minimum atomic E-state index is -0.665. The highest BCUT2D eigenvalue weighted by molar-refractivity contribution is 6.33. The van der Waals surface area contributed by atoms with E-state index in [0.29, 0.717) is 32.5 Å². The first-order valence-corrected chi connectivity index (χ1v) is 9.60. The number of nitrogens with zero attached hydrogens (tertiary/aromatic N) is 1. The highest BCUT2D eigenvalue weighted by Crippen LogP contribution is 2.22. The molecule has 3 rings (SSSR count). The molecule has 0 aliphatic carbocycles. The first kappa shape index (κ1) is 20.3. The number of benzene rings is 2. The Hall–Kier alpha value is -2.44. The van der Waals surface area contributed by atoms with Gasteiger partial charge in [-0.1, -0.05) is 48.0 Å². The lowest BCUT2D eigenvalue weighted by atomic mass is 10.1. The Morgan fingerprint density at radius 1 is 1.18 bits per heavy atom. The molecule has 1 N–H and O–H groups in total. The number of amides is 2. The summed E-state index contributed by atoms with van der Waals surface area (Å²) in [5, 5.41) is 2.68. The lowest BCUT2D eigenvalue weighted by molar-refractivity contribution is -0.139. The highest BCUT2D eigenvalue weighted by atomic mass is 35.5. The van der Waals surface area contributed by atoms with Crippen molar-refractivity contribution in [3.05, 3.63) is 70.5 Å². The normalized spacial score (nSPS) is 16.6. The number of morpholine rings is 1. The Balaban J connectivity index is 1.45. The lowest BCUT2D eigenvalue weighted by Crippen LogP contribution is -2.42. The quantitative estimate of drug-likeness (QED) is 0.748. The van der Waals surface area contributed by atoms with Crippen LogP contribution in [0.3, 0.4) is 0 Å². The van der Waals surface area contributed by atoms with E-state index in [4.69, 9.17) is 16.3 Å². The summed E-state index contributed by atoms with van der Waals surface area (Å²) in [5.41, 5.74) is 0.878. The number of halogens is 2. The van der Waals surface area contributed by atoms with Gasteiger partial charge in [0.2, 0.25) is 5.91 Å². The number of hydrogen-bond acceptors (Lipinski definition) is 3. The maximum Gasteiger partial charge on any atom is 0.255 e. The molecule has 1 aliphatic rings. The van der Waals surface area contributed by atoms with Crippen LogP contribution in [0, 0.1) is 5.82 Å². The van der Waals surface area contributed by atoms with Gasteiger partial charge in [0.05, 0.1) is 23.7 Å². The molecule has 0 saturated carbocycles. The average Bonchev–Trinajstić information content (AvgIpc) is 2.71. The van der Waals surface area contributed by atoms with Crippen LogP contribution in [-0.4, -0.2) is 43.0 Å². The summed E-state index contributed by atoms with van der Waals surface area (Å²) in [4.78, 5) is 26.3. The molecule has 1 heterocycles. The lowest BCUT2D eigenvalue weighted by Gasteiger charge is -2.33. The van der Waals surface area contributed by atoms with Gasteiger partial charge in [-0.3, -0.25) is 9.59 Å². The van der Waals surface area contributed by atoms with Crippen LogP contribution in [0.15, 0.2) is 48.5 Å². The fourth-order valence-corrected chi connectivity index (χ4v) is 3.40. The van der Waals surface area contributed by atoms with Crippen molar-refractivity contribution in [3.63, 3.8) is 0 Å². The fraction of sp³-hybridized carbons (Fsp3) is 0.333. The van der Waals surface area contributed by atoms with E-state index in [1.54, 1.807) is 4.90 Å². The summed E-state index contributed by atoms with van der Waals surface area (Å²) in [6.45, 7) is 1.83. The van der Waals surface area contributed by atoms with Gasteiger partial charge in [0, 0.05) is 19.5 Å². The molecular weight excluding hydrogens is 383 g/mol. The van der Waals surface area contributed by atoms with Gasteiger partial charge in [-0.25, -0.2) is 4.39 Å². The number of rotatable bonds is 6. The minimum Gasteiger partial charge on any atom is -0.370 e. The predicted molar refractivity (Wildman–Crippen MR) is 105 cm³/mol. The number of carbonyl (C=O) groups excluding carboxylic acids is 2. The van der Waals surface area contributed by atoms with E-state index < -0.39 is 11.7 Å². The zero-order chi connectivity index (χ0) is 19.9. The molecule has 5 nitrogen and oxygen atoms in total. The van der Waals surface area contributed by atoms with Gasteiger partial charge in [0.1, 0.15) is 11.9 Å². The Bertz CT molecular complexity index is 811. The van der Waals surface area contributed by atoms with Crippen LogP contribution in [0.5, 0.6) is 0 Å². The van der Waals surface area contributed by atoms with E-state index in [0.717, 1.165) is 5.56 Å². The van der Waals surface area contributed by atoms with Crippen molar-refractivity contribution in [1.29, 1.82) is 0 Å². The van der Waals surface area contributed by atoms with Crippen LogP contribution < -0.4 is 5.32 Å². The molecule has 1 aliphatic heterocycles. The highest BCUT2D eigenvalue weighted by Gasteiger charge is 2.25. The van der Waals surface area contributed by atoms with E-state index >= 15 is 0 Å². The summed E-state index contributed by atoms with van der Waals surface area (Å²) in [7, 11) is 0. The van der Waals surface area contributed by atoms with Gasteiger partial charge in [-0.2, -0.15) is 0 Å². The molecule has 1 atom stereocenters. The van der Waals surface area contributed by atoms with E-state index in [1.807, 2.05) is 30.3 Å². The average molecular weight is 405 g/mol. The Kier molecular flexibility index (Phi) is 7.01. The molecule has 2 amide bonds. The molecule has 0 bridgehead atoms. The van der Waals surface area contributed by atoms with Crippen molar-refractivity contribution < 1.29 is 18.7 Å². The summed E-state index contributed by atoms with van der Waals surface area (Å²) in [6, 6.07) is 13.9. The van der Waals surface area contributed by atoms with E-state index in [2.05, 4.69) is 5.32 Å². The Morgan fingerprint density at radius 3 is 2.71 bits per heavy atom. The zero-order valence-corrected chi connectivity index (χ0v) is 16.1.